The third-order valence-corrected chi connectivity index (χ3v) is 6.24. The van der Waals surface area contributed by atoms with Crippen LogP contribution in [0.1, 0.15) is 84.8 Å². The molecule has 25 heavy (non-hydrogen) atoms. The van der Waals surface area contributed by atoms with Crippen molar-refractivity contribution >= 4 is 0 Å². The molecule has 2 atom stereocenters. The number of fused-ring (bicyclic) bond motifs is 3. The molecular formula is C23H36N2. The summed E-state index contributed by atoms with van der Waals surface area (Å²) >= 11 is 0. The molecule has 2 heterocycles. The second-order valence-corrected chi connectivity index (χ2v) is 7.54. The van der Waals surface area contributed by atoms with Crippen molar-refractivity contribution in [3.05, 3.63) is 41.9 Å². The van der Waals surface area contributed by atoms with E-state index in [1.54, 1.807) is 5.56 Å². The smallest absolute Gasteiger partial charge is 0.0956 e. The highest BCUT2D eigenvalue weighted by Gasteiger charge is 2.33. The molecule has 2 aliphatic rings. The lowest BCUT2D eigenvalue weighted by molar-refractivity contribution is 0.236. The number of hydrogen-bond donors (Lipinski definition) is 0. The predicted molar refractivity (Wildman–Crippen MR) is 109 cm³/mol. The molecule has 0 N–H and O–H groups in total. The van der Waals surface area contributed by atoms with Crippen LogP contribution < -0.4 is 0 Å². The van der Waals surface area contributed by atoms with E-state index in [-0.39, 0.29) is 1.43 Å². The summed E-state index contributed by atoms with van der Waals surface area (Å²) in [7, 11) is 0. The number of imidazole rings is 1. The fourth-order valence-corrected chi connectivity index (χ4v) is 4.92. The summed E-state index contributed by atoms with van der Waals surface area (Å²) in [5.41, 5.74) is 5.83. The molecule has 1 saturated carbocycles. The van der Waals surface area contributed by atoms with Crippen LogP contribution in [0.5, 0.6) is 0 Å². The van der Waals surface area contributed by atoms with Crippen LogP contribution in [0.15, 0.2) is 30.7 Å². The third-order valence-electron chi connectivity index (χ3n) is 6.24. The predicted octanol–water partition coefficient (Wildman–Crippen LogP) is 6.89. The number of rotatable bonds is 4. The molecule has 4 rings (SSSR count). The van der Waals surface area contributed by atoms with E-state index in [4.69, 9.17) is 0 Å². The lowest BCUT2D eigenvalue weighted by Gasteiger charge is -2.30. The molecule has 2 aromatic rings. The molecule has 2 unspecified atom stereocenters. The van der Waals surface area contributed by atoms with Gasteiger partial charge in [0, 0.05) is 6.99 Å². The molecule has 1 aromatic heterocycles. The quantitative estimate of drug-likeness (QED) is 0.592. The maximum absolute atomic E-state index is 4.43. The van der Waals surface area contributed by atoms with Gasteiger partial charge in [-0.25, -0.2) is 4.98 Å². The number of benzene rings is 1. The van der Waals surface area contributed by atoms with Gasteiger partial charge in [0.15, 0.2) is 0 Å². The Labute approximate surface area is 155 Å². The first kappa shape index (κ1) is 18.2. The molecule has 2 heteroatoms. The van der Waals surface area contributed by atoms with Gasteiger partial charge in [-0.2, -0.15) is 0 Å². The first-order valence-corrected chi connectivity index (χ1v) is 10.4. The van der Waals surface area contributed by atoms with Crippen LogP contribution in [0.2, 0.25) is 0 Å². The van der Waals surface area contributed by atoms with E-state index in [1.807, 2.05) is 26.4 Å². The molecule has 0 bridgehead atoms. The Hall–Kier alpha value is -1.57. The van der Waals surface area contributed by atoms with Crippen molar-refractivity contribution in [3.8, 4) is 11.3 Å². The Morgan fingerprint density at radius 2 is 1.96 bits per heavy atom. The normalized spacial score (nSPS) is 20.4. The van der Waals surface area contributed by atoms with Gasteiger partial charge in [-0.1, -0.05) is 78.0 Å². The Kier molecular flexibility index (Phi) is 5.98. The molecule has 0 radical (unpaired) electrons. The molecule has 1 aromatic carbocycles. The van der Waals surface area contributed by atoms with Crippen molar-refractivity contribution in [2.24, 2.45) is 11.8 Å². The number of hydrogen-bond acceptors (Lipinski definition) is 1. The Balaban J connectivity index is 0.000000784. The summed E-state index contributed by atoms with van der Waals surface area (Å²) in [4.78, 5) is 4.43. The standard InChI is InChI=1S/C21H28N2.C2H6.H2/c1-3-16-10-7-11-18-20-13-22-14-23(20)19(21(16)18)12-15(2)17-8-5-4-6-9-17;1-2;/h7,10-11,13-15,17,19H,3-6,8-9,12H2,1-2H3;1-2H3;1H. The molecule has 1 aliphatic carbocycles. The highest BCUT2D eigenvalue weighted by Crippen LogP contribution is 2.45. The second-order valence-electron chi connectivity index (χ2n) is 7.54. The SMILES string of the molecule is CC.CCc1cccc2c1C(CC(C)C1CCCCC1)n1cncc1-2.[HH]. The van der Waals surface area contributed by atoms with Gasteiger partial charge < -0.3 is 4.57 Å². The molecule has 138 valence electrons. The van der Waals surface area contributed by atoms with Crippen LogP contribution in [-0.2, 0) is 6.42 Å². The van der Waals surface area contributed by atoms with Crippen molar-refractivity contribution in [1.82, 2.24) is 9.55 Å². The van der Waals surface area contributed by atoms with Crippen molar-refractivity contribution in [3.63, 3.8) is 0 Å². The summed E-state index contributed by atoms with van der Waals surface area (Å²) in [5, 5.41) is 0. The number of nitrogens with zero attached hydrogens (tertiary/aromatic N) is 2. The zero-order chi connectivity index (χ0) is 17.8. The van der Waals surface area contributed by atoms with E-state index in [1.165, 1.54) is 55.3 Å². The van der Waals surface area contributed by atoms with Gasteiger partial charge in [0.05, 0.1) is 24.3 Å². The second kappa shape index (κ2) is 8.21. The van der Waals surface area contributed by atoms with E-state index in [9.17, 15) is 0 Å². The van der Waals surface area contributed by atoms with Gasteiger partial charge in [-0.3, -0.25) is 0 Å². The first-order chi connectivity index (χ1) is 12.3. The third kappa shape index (κ3) is 3.41. The fraction of sp³-hybridized carbons (Fsp3) is 0.609. The van der Waals surface area contributed by atoms with Crippen LogP contribution in [0.3, 0.4) is 0 Å². The average molecular weight is 341 g/mol. The minimum Gasteiger partial charge on any atom is -0.323 e. The summed E-state index contributed by atoms with van der Waals surface area (Å²) < 4.78 is 2.43. The van der Waals surface area contributed by atoms with Crippen molar-refractivity contribution in [2.75, 3.05) is 0 Å². The van der Waals surface area contributed by atoms with E-state index >= 15 is 0 Å². The highest BCUT2D eigenvalue weighted by atomic mass is 15.1. The van der Waals surface area contributed by atoms with Crippen LogP contribution in [0.25, 0.3) is 11.3 Å². The zero-order valence-electron chi connectivity index (χ0n) is 16.5. The van der Waals surface area contributed by atoms with Crippen molar-refractivity contribution in [2.45, 2.75) is 78.7 Å². The summed E-state index contributed by atoms with van der Waals surface area (Å²) in [6.07, 6.45) is 13.7. The Morgan fingerprint density at radius 1 is 1.20 bits per heavy atom. The van der Waals surface area contributed by atoms with E-state index < -0.39 is 0 Å². The first-order valence-electron chi connectivity index (χ1n) is 10.4. The van der Waals surface area contributed by atoms with Crippen LogP contribution >= 0.6 is 0 Å². The van der Waals surface area contributed by atoms with Crippen molar-refractivity contribution < 1.29 is 1.43 Å². The van der Waals surface area contributed by atoms with Gasteiger partial charge >= 0.3 is 0 Å². The van der Waals surface area contributed by atoms with Gasteiger partial charge in [0.25, 0.3) is 0 Å². The summed E-state index contributed by atoms with van der Waals surface area (Å²) in [6, 6.07) is 7.31. The van der Waals surface area contributed by atoms with Crippen molar-refractivity contribution in [1.29, 1.82) is 0 Å². The summed E-state index contributed by atoms with van der Waals surface area (Å²) in [6.45, 7) is 8.77. The zero-order valence-corrected chi connectivity index (χ0v) is 16.5. The van der Waals surface area contributed by atoms with Gasteiger partial charge in [0.1, 0.15) is 0 Å². The molecular weight excluding hydrogens is 304 g/mol. The largest absolute Gasteiger partial charge is 0.323 e. The minimum absolute atomic E-state index is 0. The molecule has 0 saturated heterocycles. The molecule has 0 amide bonds. The maximum Gasteiger partial charge on any atom is 0.0956 e. The van der Waals surface area contributed by atoms with E-state index in [0.29, 0.717) is 6.04 Å². The minimum atomic E-state index is 0. The average Bonchev–Trinajstić information content (AvgIpc) is 3.26. The molecule has 2 nitrogen and oxygen atoms in total. The number of aryl methyl sites for hydroxylation is 1. The van der Waals surface area contributed by atoms with Gasteiger partial charge in [0.2, 0.25) is 0 Å². The van der Waals surface area contributed by atoms with Gasteiger partial charge in [-0.15, -0.1) is 0 Å². The Morgan fingerprint density at radius 3 is 2.68 bits per heavy atom. The van der Waals surface area contributed by atoms with Crippen LogP contribution in [0.4, 0.5) is 0 Å². The topological polar surface area (TPSA) is 17.8 Å². The lowest BCUT2D eigenvalue weighted by atomic mass is 9.77. The van der Waals surface area contributed by atoms with Gasteiger partial charge in [-0.05, 0) is 35.8 Å². The molecule has 0 spiro atoms. The molecule has 1 aliphatic heterocycles. The van der Waals surface area contributed by atoms with E-state index in [2.05, 4.69) is 41.6 Å². The van der Waals surface area contributed by atoms with E-state index in [0.717, 1.165) is 18.3 Å². The highest BCUT2D eigenvalue weighted by molar-refractivity contribution is 5.70. The van der Waals surface area contributed by atoms with Crippen LogP contribution in [0, 0.1) is 11.8 Å². The fourth-order valence-electron chi connectivity index (χ4n) is 4.92. The monoisotopic (exact) mass is 340 g/mol. The molecule has 1 fully saturated rings. The maximum atomic E-state index is 4.43. The lowest BCUT2D eigenvalue weighted by Crippen LogP contribution is -2.20. The Bertz CT molecular complexity index is 685. The number of aromatic nitrogens is 2. The van der Waals surface area contributed by atoms with Crippen LogP contribution in [-0.4, -0.2) is 9.55 Å². The summed E-state index contributed by atoms with van der Waals surface area (Å²) in [5.74, 6) is 1.72.